The molecule has 0 aromatic heterocycles. The first kappa shape index (κ1) is 10.9. The fraction of sp³-hybridized carbons (Fsp3) is 1.00. The lowest BCUT2D eigenvalue weighted by molar-refractivity contribution is -0.148. The van der Waals surface area contributed by atoms with Crippen molar-refractivity contribution in [2.24, 2.45) is 0 Å². The van der Waals surface area contributed by atoms with Crippen LogP contribution in [0.2, 0.25) is 0 Å². The van der Waals surface area contributed by atoms with Gasteiger partial charge in [-0.05, 0) is 19.3 Å². The smallest absolute Gasteiger partial charge is 0.248 e. The summed E-state index contributed by atoms with van der Waals surface area (Å²) >= 11 is 0. The second-order valence-corrected chi connectivity index (χ2v) is 3.88. The minimum absolute atomic E-state index is 0.00495. The van der Waals surface area contributed by atoms with Gasteiger partial charge < -0.3 is 10.2 Å². The molecule has 78 valence electrons. The van der Waals surface area contributed by atoms with Gasteiger partial charge in [0.15, 0.2) is 0 Å². The quantitative estimate of drug-likeness (QED) is 0.702. The first-order valence-corrected chi connectivity index (χ1v) is 4.68. The molecule has 0 amide bonds. The van der Waals surface area contributed by atoms with Crippen LogP contribution < -0.4 is 0 Å². The van der Waals surface area contributed by atoms with Crippen molar-refractivity contribution in [2.45, 2.75) is 56.7 Å². The molecule has 1 atom stereocenters. The Morgan fingerprint density at radius 1 is 1.23 bits per heavy atom. The summed E-state index contributed by atoms with van der Waals surface area (Å²) < 4.78 is 25.4. The summed E-state index contributed by atoms with van der Waals surface area (Å²) in [4.78, 5) is 0. The molecule has 2 nitrogen and oxygen atoms in total. The van der Waals surface area contributed by atoms with Crippen molar-refractivity contribution >= 4 is 0 Å². The summed E-state index contributed by atoms with van der Waals surface area (Å²) in [7, 11) is 0. The molecule has 1 fully saturated rings. The van der Waals surface area contributed by atoms with Crippen LogP contribution in [0.5, 0.6) is 0 Å². The highest BCUT2D eigenvalue weighted by molar-refractivity contribution is 4.93. The van der Waals surface area contributed by atoms with Crippen molar-refractivity contribution in [3.8, 4) is 0 Å². The lowest BCUT2D eigenvalue weighted by Crippen LogP contribution is -2.47. The highest BCUT2D eigenvalue weighted by atomic mass is 19.3. The summed E-state index contributed by atoms with van der Waals surface area (Å²) in [5, 5.41) is 19.2. The molecular weight excluding hydrogens is 178 g/mol. The molecule has 1 aliphatic rings. The van der Waals surface area contributed by atoms with E-state index in [1.165, 1.54) is 0 Å². The molecule has 1 saturated carbocycles. The molecule has 0 aromatic rings. The van der Waals surface area contributed by atoms with Crippen molar-refractivity contribution in [2.75, 3.05) is 0 Å². The van der Waals surface area contributed by atoms with E-state index in [0.29, 0.717) is 6.42 Å². The van der Waals surface area contributed by atoms with Crippen LogP contribution in [0.3, 0.4) is 0 Å². The van der Waals surface area contributed by atoms with E-state index in [2.05, 4.69) is 0 Å². The van der Waals surface area contributed by atoms with Crippen LogP contribution in [0.15, 0.2) is 0 Å². The average molecular weight is 194 g/mol. The Morgan fingerprint density at radius 3 is 2.08 bits per heavy atom. The predicted molar refractivity (Wildman–Crippen MR) is 44.7 cm³/mol. The van der Waals surface area contributed by atoms with Crippen molar-refractivity contribution in [1.29, 1.82) is 0 Å². The van der Waals surface area contributed by atoms with Crippen LogP contribution in [-0.2, 0) is 0 Å². The largest absolute Gasteiger partial charge is 0.390 e. The summed E-state index contributed by atoms with van der Waals surface area (Å²) in [5.74, 6) is -2.65. The summed E-state index contributed by atoms with van der Waals surface area (Å²) in [6.45, 7) is 1.73. The molecule has 2 N–H and O–H groups in total. The summed E-state index contributed by atoms with van der Waals surface area (Å²) in [6.07, 6.45) is -1.11. The van der Waals surface area contributed by atoms with E-state index in [0.717, 1.165) is 0 Å². The molecule has 1 unspecified atom stereocenters. The second kappa shape index (κ2) is 3.50. The minimum Gasteiger partial charge on any atom is -0.390 e. The van der Waals surface area contributed by atoms with Crippen LogP contribution in [0.4, 0.5) is 8.78 Å². The van der Waals surface area contributed by atoms with Crippen LogP contribution in [0.1, 0.15) is 39.0 Å². The normalized spacial score (nSPS) is 28.4. The standard InChI is InChI=1S/C9H16F2O2/c1-2-7(12)8(13)3-5-9(10,11)6-4-8/h7,12-13H,2-6H2,1H3. The summed E-state index contributed by atoms with van der Waals surface area (Å²) in [5.41, 5.74) is -1.28. The van der Waals surface area contributed by atoms with Gasteiger partial charge in [0, 0.05) is 12.8 Å². The van der Waals surface area contributed by atoms with E-state index in [-0.39, 0.29) is 25.7 Å². The third-order valence-corrected chi connectivity index (χ3v) is 2.85. The van der Waals surface area contributed by atoms with Gasteiger partial charge in [0.25, 0.3) is 0 Å². The van der Waals surface area contributed by atoms with Crippen LogP contribution in [-0.4, -0.2) is 27.8 Å². The zero-order chi connectivity index (χ0) is 10.1. The van der Waals surface area contributed by atoms with E-state index in [4.69, 9.17) is 0 Å². The van der Waals surface area contributed by atoms with Gasteiger partial charge in [-0.15, -0.1) is 0 Å². The number of hydrogen-bond acceptors (Lipinski definition) is 2. The van der Waals surface area contributed by atoms with Crippen molar-refractivity contribution in [3.63, 3.8) is 0 Å². The fourth-order valence-corrected chi connectivity index (χ4v) is 1.76. The van der Waals surface area contributed by atoms with Crippen LogP contribution in [0.25, 0.3) is 0 Å². The topological polar surface area (TPSA) is 40.5 Å². The Hall–Kier alpha value is -0.220. The van der Waals surface area contributed by atoms with Gasteiger partial charge in [-0.3, -0.25) is 0 Å². The van der Waals surface area contributed by atoms with Crippen LogP contribution >= 0.6 is 0 Å². The average Bonchev–Trinajstić information content (AvgIpc) is 2.09. The molecule has 13 heavy (non-hydrogen) atoms. The Bertz CT molecular complexity index is 172. The SMILES string of the molecule is CCC(O)C1(O)CCC(F)(F)CC1. The van der Waals surface area contributed by atoms with E-state index in [1.807, 2.05) is 0 Å². The maximum atomic E-state index is 12.7. The van der Waals surface area contributed by atoms with Gasteiger partial charge in [-0.1, -0.05) is 6.92 Å². The highest BCUT2D eigenvalue weighted by Gasteiger charge is 2.45. The Morgan fingerprint density at radius 2 is 1.69 bits per heavy atom. The highest BCUT2D eigenvalue weighted by Crippen LogP contribution is 2.40. The van der Waals surface area contributed by atoms with Gasteiger partial charge in [-0.25, -0.2) is 8.78 Å². The Balaban J connectivity index is 2.56. The molecule has 0 aromatic carbocycles. The zero-order valence-electron chi connectivity index (χ0n) is 7.76. The number of aliphatic hydroxyl groups excluding tert-OH is 1. The monoisotopic (exact) mass is 194 g/mol. The van der Waals surface area contributed by atoms with E-state index in [1.54, 1.807) is 6.92 Å². The van der Waals surface area contributed by atoms with E-state index < -0.39 is 17.6 Å². The van der Waals surface area contributed by atoms with Crippen molar-refractivity contribution < 1.29 is 19.0 Å². The van der Waals surface area contributed by atoms with E-state index >= 15 is 0 Å². The van der Waals surface area contributed by atoms with Gasteiger partial charge in [0.05, 0.1) is 11.7 Å². The molecule has 0 heterocycles. The number of alkyl halides is 2. The molecule has 4 heteroatoms. The molecule has 0 spiro atoms. The van der Waals surface area contributed by atoms with Crippen LogP contribution in [0, 0.1) is 0 Å². The zero-order valence-corrected chi connectivity index (χ0v) is 7.76. The molecule has 1 rings (SSSR count). The van der Waals surface area contributed by atoms with E-state index in [9.17, 15) is 19.0 Å². The summed E-state index contributed by atoms with van der Waals surface area (Å²) in [6, 6.07) is 0. The maximum absolute atomic E-state index is 12.7. The van der Waals surface area contributed by atoms with Crippen molar-refractivity contribution in [1.82, 2.24) is 0 Å². The maximum Gasteiger partial charge on any atom is 0.248 e. The Kier molecular flexibility index (Phi) is 2.92. The van der Waals surface area contributed by atoms with Gasteiger partial charge >= 0.3 is 0 Å². The molecular formula is C9H16F2O2. The lowest BCUT2D eigenvalue weighted by Gasteiger charge is -2.38. The van der Waals surface area contributed by atoms with Gasteiger partial charge in [0.2, 0.25) is 5.92 Å². The predicted octanol–water partition coefficient (Wildman–Crippen LogP) is 1.70. The number of aliphatic hydroxyl groups is 2. The van der Waals surface area contributed by atoms with Crippen molar-refractivity contribution in [3.05, 3.63) is 0 Å². The molecule has 0 radical (unpaired) electrons. The first-order chi connectivity index (χ1) is 5.90. The third kappa shape index (κ3) is 2.38. The molecule has 0 saturated heterocycles. The second-order valence-electron chi connectivity index (χ2n) is 3.88. The first-order valence-electron chi connectivity index (χ1n) is 4.68. The fourth-order valence-electron chi connectivity index (χ4n) is 1.76. The lowest BCUT2D eigenvalue weighted by atomic mass is 9.78. The minimum atomic E-state index is -2.65. The molecule has 1 aliphatic carbocycles. The molecule has 0 aliphatic heterocycles. The number of halogens is 2. The molecule has 0 bridgehead atoms. The van der Waals surface area contributed by atoms with Gasteiger partial charge in [0.1, 0.15) is 0 Å². The van der Waals surface area contributed by atoms with Gasteiger partial charge in [-0.2, -0.15) is 0 Å². The third-order valence-electron chi connectivity index (χ3n) is 2.85. The number of rotatable bonds is 2. The number of hydrogen-bond donors (Lipinski definition) is 2. The Labute approximate surface area is 76.6 Å².